The molecule has 4 rings (SSSR count). The second-order valence-corrected chi connectivity index (χ2v) is 12.9. The standard InChI is InChI=1S/C33H45N3O4S/c1-7-9-20-33(21-10-8-2)25-35(27-14-12-11-13-15-27)30-22-29(34(3)4)31(40-6)23-32(30)41(37,38)36(33)24-26-16-18-28(39-5)19-17-26/h11-19,22-23H,7-10,20-21,24-25H2,1-6H3. The van der Waals surface area contributed by atoms with Gasteiger partial charge in [-0.2, -0.15) is 4.31 Å². The molecule has 222 valence electrons. The lowest BCUT2D eigenvalue weighted by atomic mass is 9.85. The van der Waals surface area contributed by atoms with E-state index in [2.05, 4.69) is 30.9 Å². The van der Waals surface area contributed by atoms with Crippen molar-refractivity contribution in [1.29, 1.82) is 0 Å². The van der Waals surface area contributed by atoms with Crippen LogP contribution in [0, 0.1) is 0 Å². The number of sulfonamides is 1. The summed E-state index contributed by atoms with van der Waals surface area (Å²) in [5.74, 6) is 1.28. The lowest BCUT2D eigenvalue weighted by Crippen LogP contribution is -2.55. The van der Waals surface area contributed by atoms with Crippen molar-refractivity contribution < 1.29 is 17.9 Å². The van der Waals surface area contributed by atoms with Gasteiger partial charge in [0.15, 0.2) is 0 Å². The minimum Gasteiger partial charge on any atom is -0.497 e. The van der Waals surface area contributed by atoms with Crippen LogP contribution < -0.4 is 19.3 Å². The lowest BCUT2D eigenvalue weighted by molar-refractivity contribution is 0.153. The van der Waals surface area contributed by atoms with Crippen LogP contribution in [0.5, 0.6) is 11.5 Å². The van der Waals surface area contributed by atoms with Crippen LogP contribution >= 0.6 is 0 Å². The Balaban J connectivity index is 2.03. The van der Waals surface area contributed by atoms with Crippen LogP contribution in [0.3, 0.4) is 0 Å². The molecule has 0 radical (unpaired) electrons. The van der Waals surface area contributed by atoms with E-state index in [-0.39, 0.29) is 11.4 Å². The van der Waals surface area contributed by atoms with Gasteiger partial charge in [-0.3, -0.25) is 0 Å². The predicted molar refractivity (Wildman–Crippen MR) is 168 cm³/mol. The number of anilines is 3. The van der Waals surface area contributed by atoms with E-state index < -0.39 is 15.6 Å². The second kappa shape index (κ2) is 13.2. The van der Waals surface area contributed by atoms with E-state index in [0.29, 0.717) is 18.0 Å². The van der Waals surface area contributed by atoms with E-state index in [1.54, 1.807) is 20.3 Å². The first kappa shape index (κ1) is 30.7. The molecule has 1 aliphatic heterocycles. The van der Waals surface area contributed by atoms with Gasteiger partial charge in [-0.05, 0) is 48.7 Å². The van der Waals surface area contributed by atoms with Crippen molar-refractivity contribution in [3.05, 3.63) is 72.3 Å². The highest BCUT2D eigenvalue weighted by Crippen LogP contribution is 2.48. The molecule has 0 aliphatic carbocycles. The van der Waals surface area contributed by atoms with Gasteiger partial charge in [0, 0.05) is 38.9 Å². The van der Waals surface area contributed by atoms with Gasteiger partial charge in [0.25, 0.3) is 0 Å². The average Bonchev–Trinajstić information content (AvgIpc) is 3.06. The molecule has 0 saturated heterocycles. The summed E-state index contributed by atoms with van der Waals surface area (Å²) in [6.45, 7) is 5.17. The third-order valence-electron chi connectivity index (χ3n) is 8.13. The normalized spacial score (nSPS) is 16.1. The number of nitrogens with zero attached hydrogens (tertiary/aromatic N) is 3. The molecular weight excluding hydrogens is 534 g/mol. The highest BCUT2D eigenvalue weighted by molar-refractivity contribution is 7.89. The highest BCUT2D eigenvalue weighted by Gasteiger charge is 2.49. The van der Waals surface area contributed by atoms with Crippen LogP contribution in [0.15, 0.2) is 71.6 Å². The quantitative estimate of drug-likeness (QED) is 0.226. The molecule has 0 bridgehead atoms. The van der Waals surface area contributed by atoms with Gasteiger partial charge >= 0.3 is 0 Å². The van der Waals surface area contributed by atoms with Crippen molar-refractivity contribution in [2.24, 2.45) is 0 Å². The molecule has 1 heterocycles. The Kier molecular flexibility index (Phi) is 9.87. The van der Waals surface area contributed by atoms with Gasteiger partial charge < -0.3 is 19.3 Å². The maximum atomic E-state index is 15.0. The molecule has 41 heavy (non-hydrogen) atoms. The fourth-order valence-electron chi connectivity index (χ4n) is 5.83. The summed E-state index contributed by atoms with van der Waals surface area (Å²) in [5.41, 5.74) is 2.79. The first-order valence-electron chi connectivity index (χ1n) is 14.6. The molecule has 1 aliphatic rings. The van der Waals surface area contributed by atoms with Crippen LogP contribution in [0.2, 0.25) is 0 Å². The number of fused-ring (bicyclic) bond motifs is 1. The van der Waals surface area contributed by atoms with Crippen LogP contribution in [0.4, 0.5) is 17.1 Å². The van der Waals surface area contributed by atoms with Crippen molar-refractivity contribution >= 4 is 27.1 Å². The molecule has 7 nitrogen and oxygen atoms in total. The van der Waals surface area contributed by atoms with Crippen molar-refractivity contribution in [1.82, 2.24) is 4.31 Å². The van der Waals surface area contributed by atoms with Gasteiger partial charge in [-0.15, -0.1) is 0 Å². The first-order chi connectivity index (χ1) is 19.7. The predicted octanol–water partition coefficient (Wildman–Crippen LogP) is 7.23. The fourth-order valence-corrected chi connectivity index (χ4v) is 7.83. The Morgan fingerprint density at radius 2 is 1.51 bits per heavy atom. The molecule has 0 spiro atoms. The molecule has 0 atom stereocenters. The van der Waals surface area contributed by atoms with Gasteiger partial charge in [0.2, 0.25) is 10.0 Å². The van der Waals surface area contributed by atoms with Gasteiger partial charge in [-0.25, -0.2) is 8.42 Å². The molecule has 3 aromatic rings. The number of hydrogen-bond donors (Lipinski definition) is 0. The minimum atomic E-state index is -3.96. The van der Waals surface area contributed by atoms with Gasteiger partial charge in [0.05, 0.1) is 31.1 Å². The summed E-state index contributed by atoms with van der Waals surface area (Å²) in [4.78, 5) is 4.46. The molecular formula is C33H45N3O4S. The Bertz CT molecular complexity index is 1380. The highest BCUT2D eigenvalue weighted by atomic mass is 32.2. The number of methoxy groups -OCH3 is 2. The van der Waals surface area contributed by atoms with E-state index in [1.165, 1.54) is 0 Å². The van der Waals surface area contributed by atoms with Crippen molar-refractivity contribution in [3.63, 3.8) is 0 Å². The van der Waals surface area contributed by atoms with Crippen molar-refractivity contribution in [2.45, 2.75) is 69.4 Å². The number of hydrogen-bond acceptors (Lipinski definition) is 6. The first-order valence-corrected chi connectivity index (χ1v) is 16.0. The smallest absolute Gasteiger partial charge is 0.246 e. The van der Waals surface area contributed by atoms with Gasteiger partial charge in [0.1, 0.15) is 16.4 Å². The third-order valence-corrected chi connectivity index (χ3v) is 10.1. The molecule has 8 heteroatoms. The Hall–Kier alpha value is -3.23. The van der Waals surface area contributed by atoms with Crippen LogP contribution in [-0.2, 0) is 16.6 Å². The number of rotatable bonds is 12. The molecule has 0 saturated carbocycles. The van der Waals surface area contributed by atoms with Crippen molar-refractivity contribution in [3.8, 4) is 11.5 Å². The minimum absolute atomic E-state index is 0.271. The average molecular weight is 580 g/mol. The number of unbranched alkanes of at least 4 members (excludes halogenated alkanes) is 2. The Morgan fingerprint density at radius 1 is 0.878 bits per heavy atom. The van der Waals surface area contributed by atoms with E-state index >= 15 is 8.42 Å². The van der Waals surface area contributed by atoms with Crippen LogP contribution in [0.25, 0.3) is 0 Å². The summed E-state index contributed by atoms with van der Waals surface area (Å²) in [6.07, 6.45) is 5.39. The Labute approximate surface area is 246 Å². The summed E-state index contributed by atoms with van der Waals surface area (Å²) in [6, 6.07) is 21.6. The zero-order valence-electron chi connectivity index (χ0n) is 25.4. The second-order valence-electron chi connectivity index (χ2n) is 11.1. The third kappa shape index (κ3) is 6.33. The SMILES string of the molecule is CCCCC1(CCCC)CN(c2ccccc2)c2cc(N(C)C)c(OC)cc2S(=O)(=O)N1Cc1ccc(OC)cc1. The number of benzene rings is 3. The van der Waals surface area contributed by atoms with E-state index in [4.69, 9.17) is 9.47 Å². The van der Waals surface area contributed by atoms with E-state index in [1.807, 2.05) is 71.8 Å². The Morgan fingerprint density at radius 3 is 2.05 bits per heavy atom. The van der Waals surface area contributed by atoms with Crippen LogP contribution in [-0.4, -0.2) is 53.1 Å². The van der Waals surface area contributed by atoms with Gasteiger partial charge in [-0.1, -0.05) is 69.9 Å². The maximum Gasteiger partial charge on any atom is 0.246 e. The monoisotopic (exact) mass is 579 g/mol. The zero-order valence-corrected chi connectivity index (χ0v) is 26.2. The number of para-hydroxylation sites is 1. The molecule has 0 amide bonds. The van der Waals surface area contributed by atoms with E-state index in [9.17, 15) is 0 Å². The lowest BCUT2D eigenvalue weighted by Gasteiger charge is -2.44. The molecule has 0 fully saturated rings. The van der Waals surface area contributed by atoms with E-state index in [0.717, 1.165) is 61.2 Å². The maximum absolute atomic E-state index is 15.0. The summed E-state index contributed by atoms with van der Waals surface area (Å²) < 4.78 is 43.0. The summed E-state index contributed by atoms with van der Waals surface area (Å²) >= 11 is 0. The topological polar surface area (TPSA) is 62.3 Å². The zero-order chi connectivity index (χ0) is 29.6. The largest absolute Gasteiger partial charge is 0.497 e. The number of ether oxygens (including phenoxy) is 2. The van der Waals surface area contributed by atoms with Crippen LogP contribution in [0.1, 0.15) is 57.9 Å². The van der Waals surface area contributed by atoms with Crippen molar-refractivity contribution in [2.75, 3.05) is 44.7 Å². The summed E-state index contributed by atoms with van der Waals surface area (Å²) in [7, 11) is 3.17. The molecule has 0 N–H and O–H groups in total. The molecule has 3 aromatic carbocycles. The molecule has 0 unspecified atom stereocenters. The fraction of sp³-hybridized carbons (Fsp3) is 0.455. The molecule has 0 aromatic heterocycles. The summed E-state index contributed by atoms with van der Waals surface area (Å²) in [5, 5.41) is 0.